The molecule has 7 atom stereocenters. The topological polar surface area (TPSA) is 46.5 Å². The van der Waals surface area contributed by atoms with E-state index in [1.807, 2.05) is 6.92 Å². The summed E-state index contributed by atoms with van der Waals surface area (Å²) in [5.74, 6) is 1.41. The molecule has 4 aliphatic rings. The highest BCUT2D eigenvalue weighted by Gasteiger charge is 2.67. The number of hydrogen-bond acceptors (Lipinski definition) is 3. The standard InChI is InChI=1S/C21H32O3/c1-13-11-21-10-7-15-19(2,16(21)6-5-14(13)12-21)9-8-17(22)20(15,3)18(23)24-4/h14-17,22H,1,5-12H2,2-4H3. The fourth-order valence-corrected chi connectivity index (χ4v) is 7.76. The van der Waals surface area contributed by atoms with Crippen molar-refractivity contribution in [2.45, 2.75) is 71.3 Å². The summed E-state index contributed by atoms with van der Waals surface area (Å²) in [4.78, 5) is 12.7. The quantitative estimate of drug-likeness (QED) is 0.581. The van der Waals surface area contributed by atoms with Gasteiger partial charge >= 0.3 is 5.97 Å². The summed E-state index contributed by atoms with van der Waals surface area (Å²) in [5, 5.41) is 10.7. The number of esters is 1. The van der Waals surface area contributed by atoms with Crippen LogP contribution in [0, 0.1) is 34.0 Å². The van der Waals surface area contributed by atoms with Gasteiger partial charge in [0.05, 0.1) is 18.6 Å². The van der Waals surface area contributed by atoms with Crippen LogP contribution in [0.2, 0.25) is 0 Å². The van der Waals surface area contributed by atoms with Crippen LogP contribution in [-0.2, 0) is 9.53 Å². The smallest absolute Gasteiger partial charge is 0.314 e. The third-order valence-corrected chi connectivity index (χ3v) is 8.87. The summed E-state index contributed by atoms with van der Waals surface area (Å²) in [6, 6.07) is 0. The second-order valence-electron chi connectivity index (χ2n) is 9.65. The van der Waals surface area contributed by atoms with Gasteiger partial charge in [-0.3, -0.25) is 4.79 Å². The number of rotatable bonds is 1. The van der Waals surface area contributed by atoms with Gasteiger partial charge in [-0.2, -0.15) is 0 Å². The molecule has 4 fully saturated rings. The van der Waals surface area contributed by atoms with Crippen molar-refractivity contribution in [3.63, 3.8) is 0 Å². The van der Waals surface area contributed by atoms with Crippen LogP contribution in [0.15, 0.2) is 12.2 Å². The number of fused-ring (bicyclic) bond motifs is 3. The van der Waals surface area contributed by atoms with Crippen molar-refractivity contribution < 1.29 is 14.6 Å². The molecule has 0 amide bonds. The molecule has 4 saturated carbocycles. The second kappa shape index (κ2) is 5.09. The average Bonchev–Trinajstić information content (AvgIpc) is 2.79. The molecule has 0 aromatic rings. The molecule has 0 aliphatic heterocycles. The summed E-state index contributed by atoms with van der Waals surface area (Å²) in [7, 11) is 1.46. The fourth-order valence-electron chi connectivity index (χ4n) is 7.76. The molecule has 4 rings (SSSR count). The van der Waals surface area contributed by atoms with E-state index < -0.39 is 11.5 Å². The molecule has 1 N–H and O–H groups in total. The van der Waals surface area contributed by atoms with Crippen molar-refractivity contribution in [3.05, 3.63) is 12.2 Å². The van der Waals surface area contributed by atoms with Crippen molar-refractivity contribution in [2.75, 3.05) is 7.11 Å². The SMILES string of the molecule is C=C1CC23CCC4C(C)(CCC(O)C4(C)C(=O)OC)C2CCC1C3. The van der Waals surface area contributed by atoms with E-state index in [4.69, 9.17) is 4.74 Å². The van der Waals surface area contributed by atoms with Gasteiger partial charge in [0.1, 0.15) is 0 Å². The van der Waals surface area contributed by atoms with Gasteiger partial charge in [0.25, 0.3) is 0 Å². The maximum atomic E-state index is 12.7. The summed E-state index contributed by atoms with van der Waals surface area (Å²) in [6.07, 6.45) is 8.45. The Balaban J connectivity index is 1.75. The molecule has 1 spiro atoms. The highest BCUT2D eigenvalue weighted by molar-refractivity contribution is 5.78. The van der Waals surface area contributed by atoms with Crippen LogP contribution >= 0.6 is 0 Å². The molecule has 4 aliphatic carbocycles. The van der Waals surface area contributed by atoms with E-state index in [-0.39, 0.29) is 17.3 Å². The van der Waals surface area contributed by atoms with Crippen LogP contribution in [-0.4, -0.2) is 24.3 Å². The molecule has 24 heavy (non-hydrogen) atoms. The van der Waals surface area contributed by atoms with Crippen molar-refractivity contribution in [1.82, 2.24) is 0 Å². The third kappa shape index (κ3) is 1.85. The van der Waals surface area contributed by atoms with E-state index in [1.54, 1.807) is 0 Å². The van der Waals surface area contributed by atoms with Crippen LogP contribution in [0.1, 0.15) is 65.2 Å². The number of hydrogen-bond donors (Lipinski definition) is 1. The number of carbonyl (C=O) groups is 1. The lowest BCUT2D eigenvalue weighted by molar-refractivity contribution is -0.206. The first-order valence-electron chi connectivity index (χ1n) is 9.72. The molecule has 3 nitrogen and oxygen atoms in total. The van der Waals surface area contributed by atoms with E-state index in [1.165, 1.54) is 44.8 Å². The molecule has 0 aromatic heterocycles. The van der Waals surface area contributed by atoms with Crippen LogP contribution in [0.5, 0.6) is 0 Å². The van der Waals surface area contributed by atoms with Gasteiger partial charge in [0.2, 0.25) is 0 Å². The predicted molar refractivity (Wildman–Crippen MR) is 93.2 cm³/mol. The van der Waals surface area contributed by atoms with Crippen LogP contribution in [0.25, 0.3) is 0 Å². The maximum Gasteiger partial charge on any atom is 0.314 e. The number of aliphatic hydroxyl groups excluding tert-OH is 1. The van der Waals surface area contributed by atoms with E-state index in [2.05, 4.69) is 13.5 Å². The lowest BCUT2D eigenvalue weighted by atomic mass is 9.40. The molecule has 7 unspecified atom stereocenters. The molecule has 3 heteroatoms. The van der Waals surface area contributed by atoms with E-state index in [9.17, 15) is 9.90 Å². The Morgan fingerprint density at radius 2 is 1.92 bits per heavy atom. The minimum atomic E-state index is -0.754. The molecule has 2 bridgehead atoms. The minimum absolute atomic E-state index is 0.135. The molecule has 134 valence electrons. The van der Waals surface area contributed by atoms with E-state index in [0.29, 0.717) is 11.3 Å². The average molecular weight is 332 g/mol. The first-order valence-corrected chi connectivity index (χ1v) is 9.72. The Hall–Kier alpha value is -0.830. The normalized spacial score (nSPS) is 53.2. The van der Waals surface area contributed by atoms with Gasteiger partial charge in [0.15, 0.2) is 0 Å². The predicted octanol–water partition coefficient (Wildman–Crippen LogP) is 4.10. The lowest BCUT2D eigenvalue weighted by Gasteiger charge is -2.64. The molecular weight excluding hydrogens is 300 g/mol. The molecular formula is C21H32O3. The Kier molecular flexibility index (Phi) is 3.53. The number of aliphatic hydroxyl groups is 1. The largest absolute Gasteiger partial charge is 0.469 e. The van der Waals surface area contributed by atoms with Gasteiger partial charge < -0.3 is 9.84 Å². The number of methoxy groups -OCH3 is 1. The molecule has 0 heterocycles. The van der Waals surface area contributed by atoms with Crippen molar-refractivity contribution in [1.29, 1.82) is 0 Å². The number of carbonyl (C=O) groups excluding carboxylic acids is 1. The van der Waals surface area contributed by atoms with Crippen molar-refractivity contribution in [3.8, 4) is 0 Å². The summed E-state index contributed by atoms with van der Waals surface area (Å²) in [6.45, 7) is 8.75. The number of ether oxygens (including phenoxy) is 1. The Labute approximate surface area is 145 Å². The first-order chi connectivity index (χ1) is 11.3. The van der Waals surface area contributed by atoms with Crippen molar-refractivity contribution in [2.24, 2.45) is 34.0 Å². The zero-order valence-electron chi connectivity index (χ0n) is 15.4. The van der Waals surface area contributed by atoms with Gasteiger partial charge in [0, 0.05) is 0 Å². The Morgan fingerprint density at radius 3 is 2.62 bits per heavy atom. The molecule has 0 saturated heterocycles. The van der Waals surface area contributed by atoms with Gasteiger partial charge in [-0.1, -0.05) is 19.1 Å². The van der Waals surface area contributed by atoms with Crippen LogP contribution < -0.4 is 0 Å². The van der Waals surface area contributed by atoms with Gasteiger partial charge in [-0.05, 0) is 86.9 Å². The fraction of sp³-hybridized carbons (Fsp3) is 0.857. The maximum absolute atomic E-state index is 12.7. The summed E-state index contributed by atoms with van der Waals surface area (Å²) < 4.78 is 5.16. The first kappa shape index (κ1) is 16.6. The number of allylic oxidation sites excluding steroid dienone is 1. The third-order valence-electron chi connectivity index (χ3n) is 8.87. The lowest BCUT2D eigenvalue weighted by Crippen LogP contribution is -2.62. The summed E-state index contributed by atoms with van der Waals surface area (Å²) in [5.41, 5.74) is 1.28. The molecule has 0 aromatic carbocycles. The highest BCUT2D eigenvalue weighted by atomic mass is 16.5. The van der Waals surface area contributed by atoms with Crippen molar-refractivity contribution >= 4 is 5.97 Å². The highest BCUT2D eigenvalue weighted by Crippen LogP contribution is 2.72. The zero-order chi connectivity index (χ0) is 17.3. The molecule has 0 radical (unpaired) electrons. The van der Waals surface area contributed by atoms with Gasteiger partial charge in [-0.15, -0.1) is 0 Å². The monoisotopic (exact) mass is 332 g/mol. The van der Waals surface area contributed by atoms with Crippen LogP contribution in [0.4, 0.5) is 0 Å². The van der Waals surface area contributed by atoms with E-state index in [0.717, 1.165) is 25.2 Å². The minimum Gasteiger partial charge on any atom is -0.469 e. The Morgan fingerprint density at radius 1 is 1.17 bits per heavy atom. The van der Waals surface area contributed by atoms with E-state index >= 15 is 0 Å². The second-order valence-corrected chi connectivity index (χ2v) is 9.65. The van der Waals surface area contributed by atoms with Crippen LogP contribution in [0.3, 0.4) is 0 Å². The van der Waals surface area contributed by atoms with Gasteiger partial charge in [-0.25, -0.2) is 0 Å². The zero-order valence-corrected chi connectivity index (χ0v) is 15.4. The summed E-state index contributed by atoms with van der Waals surface area (Å²) >= 11 is 0. The Bertz CT molecular complexity index is 584.